The number of pyridine rings is 1. The Hall–Kier alpha value is -1.42. The molecule has 16 heavy (non-hydrogen) atoms. The summed E-state index contributed by atoms with van der Waals surface area (Å²) >= 11 is 0. The van der Waals surface area contributed by atoms with Crippen molar-refractivity contribution in [3.63, 3.8) is 0 Å². The highest BCUT2D eigenvalue weighted by atomic mass is 16.1. The Morgan fingerprint density at radius 3 is 2.81 bits per heavy atom. The maximum Gasteiger partial charge on any atom is 0.233 e. The summed E-state index contributed by atoms with van der Waals surface area (Å²) in [6, 6.07) is 4.52. The smallest absolute Gasteiger partial charge is 0.233 e. The van der Waals surface area contributed by atoms with Gasteiger partial charge in [0, 0.05) is 25.0 Å². The Balaban J connectivity index is 1.58. The van der Waals surface area contributed by atoms with E-state index in [2.05, 4.69) is 15.6 Å². The molecule has 1 aliphatic carbocycles. The molecular formula is C12H17N3O. The van der Waals surface area contributed by atoms with Crippen molar-refractivity contribution in [1.29, 1.82) is 0 Å². The van der Waals surface area contributed by atoms with Crippen LogP contribution in [0.2, 0.25) is 0 Å². The Bertz CT molecular complexity index is 335. The Kier molecular flexibility index (Phi) is 3.88. The average Bonchev–Trinajstić information content (AvgIpc) is 3.12. The highest BCUT2D eigenvalue weighted by Crippen LogP contribution is 2.17. The Labute approximate surface area is 95.5 Å². The van der Waals surface area contributed by atoms with Crippen LogP contribution in [0.3, 0.4) is 0 Å². The van der Waals surface area contributed by atoms with Gasteiger partial charge in [0.1, 0.15) is 0 Å². The van der Waals surface area contributed by atoms with Gasteiger partial charge in [-0.3, -0.25) is 9.78 Å². The van der Waals surface area contributed by atoms with E-state index in [0.29, 0.717) is 19.1 Å². The predicted octanol–water partition coefficient (Wildman–Crippen LogP) is 0.492. The molecule has 0 spiro atoms. The van der Waals surface area contributed by atoms with Crippen LogP contribution in [0.5, 0.6) is 0 Å². The van der Waals surface area contributed by atoms with E-state index in [0.717, 1.165) is 6.42 Å². The van der Waals surface area contributed by atoms with Crippen LogP contribution in [0.15, 0.2) is 24.5 Å². The van der Waals surface area contributed by atoms with Gasteiger partial charge in [0.25, 0.3) is 0 Å². The number of hydrogen-bond donors (Lipinski definition) is 2. The number of rotatable bonds is 6. The minimum Gasteiger partial charge on any atom is -0.355 e. The number of nitrogens with one attached hydrogen (secondary N) is 2. The first-order chi connectivity index (χ1) is 7.84. The number of hydrogen-bond acceptors (Lipinski definition) is 3. The van der Waals surface area contributed by atoms with Crippen LogP contribution in [-0.2, 0) is 11.2 Å². The van der Waals surface area contributed by atoms with E-state index in [4.69, 9.17) is 0 Å². The molecule has 0 aromatic carbocycles. The number of carbonyl (C=O) groups excluding carboxylic acids is 1. The topological polar surface area (TPSA) is 54.0 Å². The van der Waals surface area contributed by atoms with Crippen LogP contribution in [0, 0.1) is 0 Å². The average molecular weight is 219 g/mol. The zero-order valence-corrected chi connectivity index (χ0v) is 9.28. The lowest BCUT2D eigenvalue weighted by atomic mass is 10.2. The summed E-state index contributed by atoms with van der Waals surface area (Å²) in [5, 5.41) is 6.08. The van der Waals surface area contributed by atoms with E-state index in [-0.39, 0.29) is 5.91 Å². The highest BCUT2D eigenvalue weighted by molar-refractivity contribution is 5.78. The summed E-state index contributed by atoms with van der Waals surface area (Å²) in [6.07, 6.45) is 6.82. The van der Waals surface area contributed by atoms with Crippen LogP contribution in [-0.4, -0.2) is 30.0 Å². The van der Waals surface area contributed by atoms with Crippen molar-refractivity contribution in [1.82, 2.24) is 15.6 Å². The minimum absolute atomic E-state index is 0.0842. The van der Waals surface area contributed by atoms with Crippen molar-refractivity contribution in [2.24, 2.45) is 0 Å². The van der Waals surface area contributed by atoms with Crippen LogP contribution in [0.1, 0.15) is 18.4 Å². The largest absolute Gasteiger partial charge is 0.355 e. The summed E-state index contributed by atoms with van der Waals surface area (Å²) in [5.41, 5.74) is 1.20. The highest BCUT2D eigenvalue weighted by Gasteiger charge is 2.20. The molecule has 1 heterocycles. The first-order valence-corrected chi connectivity index (χ1v) is 5.73. The molecule has 2 N–H and O–H groups in total. The van der Waals surface area contributed by atoms with Crippen molar-refractivity contribution in [2.45, 2.75) is 25.3 Å². The Morgan fingerprint density at radius 2 is 2.12 bits per heavy atom. The van der Waals surface area contributed by atoms with Gasteiger partial charge in [0.05, 0.1) is 6.54 Å². The molecule has 1 aromatic heterocycles. The number of nitrogens with zero attached hydrogens (tertiary/aromatic N) is 1. The number of carbonyl (C=O) groups is 1. The van der Waals surface area contributed by atoms with Crippen LogP contribution >= 0.6 is 0 Å². The zero-order valence-electron chi connectivity index (χ0n) is 9.28. The molecule has 1 aliphatic rings. The molecular weight excluding hydrogens is 202 g/mol. The van der Waals surface area contributed by atoms with E-state index in [1.54, 1.807) is 12.4 Å². The molecule has 0 aliphatic heterocycles. The normalized spacial score (nSPS) is 14.8. The third-order valence-electron chi connectivity index (χ3n) is 2.61. The molecule has 0 unspecified atom stereocenters. The summed E-state index contributed by atoms with van der Waals surface area (Å²) < 4.78 is 0. The predicted molar refractivity (Wildman–Crippen MR) is 62.0 cm³/mol. The molecule has 0 bridgehead atoms. The minimum atomic E-state index is 0.0842. The maximum absolute atomic E-state index is 11.4. The monoisotopic (exact) mass is 219 g/mol. The summed E-state index contributed by atoms with van der Waals surface area (Å²) in [6.45, 7) is 1.14. The molecule has 4 heteroatoms. The van der Waals surface area contributed by atoms with Crippen molar-refractivity contribution in [2.75, 3.05) is 13.1 Å². The first kappa shape index (κ1) is 11.1. The van der Waals surface area contributed by atoms with Gasteiger partial charge in [-0.15, -0.1) is 0 Å². The van der Waals surface area contributed by atoms with E-state index < -0.39 is 0 Å². The van der Waals surface area contributed by atoms with Crippen molar-refractivity contribution in [3.8, 4) is 0 Å². The lowest BCUT2D eigenvalue weighted by Gasteiger charge is -2.05. The van der Waals surface area contributed by atoms with Gasteiger partial charge in [0.2, 0.25) is 5.91 Å². The third kappa shape index (κ3) is 3.98. The molecule has 86 valence electrons. The fourth-order valence-electron chi connectivity index (χ4n) is 1.48. The van der Waals surface area contributed by atoms with Crippen LogP contribution in [0.4, 0.5) is 0 Å². The second-order valence-electron chi connectivity index (χ2n) is 4.11. The summed E-state index contributed by atoms with van der Waals surface area (Å²) in [7, 11) is 0. The van der Waals surface area contributed by atoms with Crippen molar-refractivity contribution < 1.29 is 4.79 Å². The van der Waals surface area contributed by atoms with Crippen molar-refractivity contribution >= 4 is 5.91 Å². The Morgan fingerprint density at radius 1 is 1.38 bits per heavy atom. The summed E-state index contributed by atoms with van der Waals surface area (Å²) in [5.74, 6) is 0.0842. The van der Waals surface area contributed by atoms with Gasteiger partial charge >= 0.3 is 0 Å². The van der Waals surface area contributed by atoms with E-state index >= 15 is 0 Å². The third-order valence-corrected chi connectivity index (χ3v) is 2.61. The molecule has 2 rings (SSSR count). The molecule has 1 saturated carbocycles. The van der Waals surface area contributed by atoms with Gasteiger partial charge in [-0.25, -0.2) is 0 Å². The van der Waals surface area contributed by atoms with Gasteiger partial charge in [-0.2, -0.15) is 0 Å². The molecule has 4 nitrogen and oxygen atoms in total. The second-order valence-corrected chi connectivity index (χ2v) is 4.11. The quantitative estimate of drug-likeness (QED) is 0.732. The van der Waals surface area contributed by atoms with Crippen molar-refractivity contribution in [3.05, 3.63) is 30.1 Å². The number of aromatic nitrogens is 1. The lowest BCUT2D eigenvalue weighted by molar-refractivity contribution is -0.120. The lowest BCUT2D eigenvalue weighted by Crippen LogP contribution is -2.35. The fraction of sp³-hybridized carbons (Fsp3) is 0.500. The fourth-order valence-corrected chi connectivity index (χ4v) is 1.48. The van der Waals surface area contributed by atoms with Gasteiger partial charge in [-0.05, 0) is 37.0 Å². The second kappa shape index (κ2) is 5.61. The molecule has 0 radical (unpaired) electrons. The number of amides is 1. The molecule has 0 atom stereocenters. The van der Waals surface area contributed by atoms with Gasteiger partial charge in [-0.1, -0.05) is 0 Å². The zero-order chi connectivity index (χ0) is 11.2. The van der Waals surface area contributed by atoms with E-state index in [9.17, 15) is 4.79 Å². The van der Waals surface area contributed by atoms with E-state index in [1.807, 2.05) is 12.1 Å². The summed E-state index contributed by atoms with van der Waals surface area (Å²) in [4.78, 5) is 15.3. The van der Waals surface area contributed by atoms with Crippen LogP contribution < -0.4 is 10.6 Å². The van der Waals surface area contributed by atoms with Gasteiger partial charge < -0.3 is 10.6 Å². The SMILES string of the molecule is O=C(CNC1CC1)NCCc1ccncc1. The maximum atomic E-state index is 11.4. The van der Waals surface area contributed by atoms with E-state index in [1.165, 1.54) is 18.4 Å². The van der Waals surface area contributed by atoms with Crippen LogP contribution in [0.25, 0.3) is 0 Å². The molecule has 0 saturated heterocycles. The first-order valence-electron chi connectivity index (χ1n) is 5.73. The standard InChI is InChI=1S/C12H17N3O/c16-12(9-15-11-1-2-11)14-8-5-10-3-6-13-7-4-10/h3-4,6-7,11,15H,1-2,5,8-9H2,(H,14,16). The molecule has 1 amide bonds. The molecule has 1 fully saturated rings. The molecule has 1 aromatic rings. The van der Waals surface area contributed by atoms with Gasteiger partial charge in [0.15, 0.2) is 0 Å².